The fourth-order valence-electron chi connectivity index (χ4n) is 2.99. The molecule has 0 fully saturated rings. The molecule has 2 aromatic heterocycles. The number of carbonyl (C=O) groups excluding carboxylic acids is 1. The molecule has 8 heteroatoms. The van der Waals surface area contributed by atoms with E-state index in [2.05, 4.69) is 4.98 Å². The minimum Gasteiger partial charge on any atom is -0.467 e. The summed E-state index contributed by atoms with van der Waals surface area (Å²) in [7, 11) is -3.50. The molecule has 30 heavy (non-hydrogen) atoms. The Hall–Kier alpha value is -2.97. The van der Waals surface area contributed by atoms with Crippen LogP contribution in [0.5, 0.6) is 0 Å². The van der Waals surface area contributed by atoms with E-state index < -0.39 is 15.1 Å². The predicted octanol–water partition coefficient (Wildman–Crippen LogP) is 4.92. The number of nitrogens with zero attached hydrogens (tertiary/aromatic N) is 2. The number of anilines is 1. The quantitative estimate of drug-likeness (QED) is 0.425. The van der Waals surface area contributed by atoms with Crippen molar-refractivity contribution in [1.82, 2.24) is 4.98 Å². The fourth-order valence-corrected chi connectivity index (χ4v) is 5.06. The molecule has 1 amide bonds. The van der Waals surface area contributed by atoms with Gasteiger partial charge >= 0.3 is 0 Å². The fraction of sp³-hybridized carbons (Fsp3) is 0.182. The van der Waals surface area contributed by atoms with E-state index in [1.165, 1.54) is 28.4 Å². The average molecular weight is 441 g/mol. The van der Waals surface area contributed by atoms with E-state index in [-0.39, 0.29) is 22.9 Å². The van der Waals surface area contributed by atoms with Crippen LogP contribution < -0.4 is 4.90 Å². The highest BCUT2D eigenvalue weighted by Gasteiger charge is 2.25. The second kappa shape index (κ2) is 8.04. The lowest BCUT2D eigenvalue weighted by Crippen LogP contribution is -2.30. The van der Waals surface area contributed by atoms with E-state index in [4.69, 9.17) is 4.42 Å². The maximum atomic E-state index is 13.5. The number of hydrogen-bond acceptors (Lipinski definition) is 6. The molecule has 0 spiro atoms. The summed E-state index contributed by atoms with van der Waals surface area (Å²) in [4.78, 5) is 19.7. The van der Waals surface area contributed by atoms with Crippen LogP contribution in [-0.2, 0) is 16.4 Å². The number of benzene rings is 2. The average Bonchev–Trinajstić information content (AvgIpc) is 3.40. The zero-order valence-electron chi connectivity index (χ0n) is 16.5. The van der Waals surface area contributed by atoms with Gasteiger partial charge in [-0.1, -0.05) is 29.5 Å². The van der Waals surface area contributed by atoms with Crippen LogP contribution in [0.15, 0.2) is 76.2 Å². The van der Waals surface area contributed by atoms with Gasteiger partial charge in [0.15, 0.2) is 15.0 Å². The molecule has 0 aliphatic heterocycles. The minimum atomic E-state index is -3.50. The molecule has 0 bridgehead atoms. The van der Waals surface area contributed by atoms with Crippen LogP contribution in [0.3, 0.4) is 0 Å². The molecule has 6 nitrogen and oxygen atoms in total. The number of fused-ring (bicyclic) bond motifs is 1. The molecule has 0 aliphatic carbocycles. The van der Waals surface area contributed by atoms with E-state index in [9.17, 15) is 13.2 Å². The molecule has 0 saturated carbocycles. The molecular weight excluding hydrogens is 420 g/mol. The SMILES string of the molecule is CC(C)S(=O)(=O)c1cccc(C(=O)N(Cc2ccco2)c2nc3ccccc3s2)c1. The van der Waals surface area contributed by atoms with Gasteiger partial charge in [0, 0.05) is 5.56 Å². The van der Waals surface area contributed by atoms with Crippen LogP contribution in [0.2, 0.25) is 0 Å². The lowest BCUT2D eigenvalue weighted by molar-refractivity contribution is 0.0983. The Morgan fingerprint density at radius 2 is 1.90 bits per heavy atom. The largest absolute Gasteiger partial charge is 0.467 e. The van der Waals surface area contributed by atoms with E-state index in [0.29, 0.717) is 10.9 Å². The van der Waals surface area contributed by atoms with Gasteiger partial charge in [-0.05, 0) is 56.3 Å². The molecule has 0 aliphatic rings. The Labute approximate surface area is 178 Å². The van der Waals surface area contributed by atoms with Crippen molar-refractivity contribution in [3.63, 3.8) is 0 Å². The number of hydrogen-bond donors (Lipinski definition) is 0. The minimum absolute atomic E-state index is 0.130. The lowest BCUT2D eigenvalue weighted by atomic mass is 10.2. The van der Waals surface area contributed by atoms with E-state index in [1.807, 2.05) is 24.3 Å². The molecule has 0 unspecified atom stereocenters. The zero-order chi connectivity index (χ0) is 21.3. The van der Waals surface area contributed by atoms with Crippen molar-refractivity contribution < 1.29 is 17.6 Å². The van der Waals surface area contributed by atoms with Gasteiger partial charge < -0.3 is 4.42 Å². The molecule has 4 aromatic rings. The third-order valence-electron chi connectivity index (χ3n) is 4.68. The maximum Gasteiger partial charge on any atom is 0.260 e. The number of amides is 1. The van der Waals surface area contributed by atoms with Gasteiger partial charge in [0.2, 0.25) is 0 Å². The van der Waals surface area contributed by atoms with Gasteiger partial charge in [-0.2, -0.15) is 0 Å². The number of aromatic nitrogens is 1. The summed E-state index contributed by atoms with van der Waals surface area (Å²) in [6.45, 7) is 3.43. The van der Waals surface area contributed by atoms with Crippen LogP contribution in [0.25, 0.3) is 10.2 Å². The molecule has 154 valence electrons. The number of furan rings is 1. The smallest absolute Gasteiger partial charge is 0.260 e. The van der Waals surface area contributed by atoms with Crippen LogP contribution >= 0.6 is 11.3 Å². The number of thiazole rings is 1. The summed E-state index contributed by atoms with van der Waals surface area (Å²) in [5.74, 6) is 0.264. The standard InChI is InChI=1S/C22H20N2O4S2/c1-15(2)30(26,27)18-9-5-7-16(13-18)21(25)24(14-17-8-6-12-28-17)22-23-19-10-3-4-11-20(19)29-22/h3-13,15H,14H2,1-2H3. The topological polar surface area (TPSA) is 80.5 Å². The second-order valence-electron chi connectivity index (χ2n) is 7.06. The lowest BCUT2D eigenvalue weighted by Gasteiger charge is -2.19. The number of para-hydroxylation sites is 1. The highest BCUT2D eigenvalue weighted by molar-refractivity contribution is 7.92. The van der Waals surface area contributed by atoms with E-state index >= 15 is 0 Å². The summed E-state index contributed by atoms with van der Waals surface area (Å²) < 4.78 is 31.5. The summed E-state index contributed by atoms with van der Waals surface area (Å²) in [6, 6.07) is 17.3. The zero-order valence-corrected chi connectivity index (χ0v) is 18.1. The molecular formula is C22H20N2O4S2. The summed E-state index contributed by atoms with van der Waals surface area (Å²) in [6.07, 6.45) is 1.55. The molecule has 0 atom stereocenters. The van der Waals surface area contributed by atoms with Crippen molar-refractivity contribution in [3.05, 3.63) is 78.3 Å². The van der Waals surface area contributed by atoms with Gasteiger partial charge in [-0.25, -0.2) is 13.4 Å². The van der Waals surface area contributed by atoms with Crippen LogP contribution in [0.4, 0.5) is 5.13 Å². The molecule has 2 aromatic carbocycles. The Morgan fingerprint density at radius 3 is 2.60 bits per heavy atom. The van der Waals surface area contributed by atoms with Gasteiger partial charge in [-0.3, -0.25) is 9.69 Å². The first-order valence-corrected chi connectivity index (χ1v) is 11.8. The summed E-state index contributed by atoms with van der Waals surface area (Å²) in [5, 5.41) is -0.0546. The molecule has 0 N–H and O–H groups in total. The normalized spacial score (nSPS) is 11.8. The van der Waals surface area contributed by atoms with Crippen LogP contribution in [0.1, 0.15) is 30.0 Å². The third-order valence-corrected chi connectivity index (χ3v) is 7.89. The molecule has 4 rings (SSSR count). The first kappa shape index (κ1) is 20.3. The molecule has 0 radical (unpaired) electrons. The first-order chi connectivity index (χ1) is 14.4. The van der Waals surface area contributed by atoms with Crippen molar-refractivity contribution in [1.29, 1.82) is 0 Å². The first-order valence-electron chi connectivity index (χ1n) is 9.40. The number of carbonyl (C=O) groups is 1. The van der Waals surface area contributed by atoms with Crippen molar-refractivity contribution in [3.8, 4) is 0 Å². The van der Waals surface area contributed by atoms with Crippen LogP contribution in [0, 0.1) is 0 Å². The summed E-state index contributed by atoms with van der Waals surface area (Å²) in [5.41, 5.74) is 1.08. The van der Waals surface area contributed by atoms with E-state index in [1.54, 1.807) is 44.4 Å². The second-order valence-corrected chi connectivity index (χ2v) is 10.6. The maximum absolute atomic E-state index is 13.5. The Kier molecular flexibility index (Phi) is 5.44. The molecule has 2 heterocycles. The monoisotopic (exact) mass is 440 g/mol. The third kappa shape index (κ3) is 3.88. The van der Waals surface area contributed by atoms with Crippen molar-refractivity contribution in [2.45, 2.75) is 30.5 Å². The van der Waals surface area contributed by atoms with Crippen molar-refractivity contribution >= 4 is 42.4 Å². The van der Waals surface area contributed by atoms with Gasteiger partial charge in [0.1, 0.15) is 5.76 Å². The Bertz CT molecular complexity index is 1260. The molecule has 0 saturated heterocycles. The van der Waals surface area contributed by atoms with Gasteiger partial charge in [0.25, 0.3) is 5.91 Å². The van der Waals surface area contributed by atoms with Gasteiger partial charge in [0.05, 0.1) is 33.2 Å². The Balaban J connectivity index is 1.76. The predicted molar refractivity (Wildman–Crippen MR) is 118 cm³/mol. The highest BCUT2D eigenvalue weighted by atomic mass is 32.2. The van der Waals surface area contributed by atoms with E-state index in [0.717, 1.165) is 10.2 Å². The van der Waals surface area contributed by atoms with Crippen LogP contribution in [-0.4, -0.2) is 24.6 Å². The van der Waals surface area contributed by atoms with Crippen molar-refractivity contribution in [2.75, 3.05) is 4.90 Å². The van der Waals surface area contributed by atoms with Crippen molar-refractivity contribution in [2.24, 2.45) is 0 Å². The number of sulfone groups is 1. The summed E-state index contributed by atoms with van der Waals surface area (Å²) >= 11 is 1.40. The number of rotatable bonds is 6. The highest BCUT2D eigenvalue weighted by Crippen LogP contribution is 2.31. The van der Waals surface area contributed by atoms with Gasteiger partial charge in [-0.15, -0.1) is 0 Å². The Morgan fingerprint density at radius 1 is 1.10 bits per heavy atom.